The van der Waals surface area contributed by atoms with Crippen LogP contribution in [-0.2, 0) is 4.79 Å². The molecule has 3 aromatic carbocycles. The molecule has 0 aliphatic carbocycles. The zero-order valence-electron chi connectivity index (χ0n) is 13.3. The molecule has 1 aliphatic rings. The molecule has 1 aliphatic heterocycles. The molecule has 0 bridgehead atoms. The first-order valence-electron chi connectivity index (χ1n) is 7.74. The van der Waals surface area contributed by atoms with Crippen molar-refractivity contribution in [2.75, 3.05) is 5.32 Å². The standard InChI is InChI=1S/C19H12FN3O3/c20-12-5-6-15-13(9-12)17(19(26)21-15)22-23-18(25)14-7-10-3-1-2-4-11(10)8-16(14)24/h1-9,24H,(H,23,25)(H,21,22,26). The summed E-state index contributed by atoms with van der Waals surface area (Å²) < 4.78 is 13.4. The fourth-order valence-corrected chi connectivity index (χ4v) is 2.81. The minimum absolute atomic E-state index is 0.0194. The molecular weight excluding hydrogens is 337 g/mol. The van der Waals surface area contributed by atoms with Gasteiger partial charge in [-0.25, -0.2) is 9.82 Å². The fraction of sp³-hybridized carbons (Fsp3) is 0. The van der Waals surface area contributed by atoms with E-state index >= 15 is 0 Å². The van der Waals surface area contributed by atoms with Crippen molar-refractivity contribution >= 4 is 34.0 Å². The Morgan fingerprint density at radius 2 is 1.81 bits per heavy atom. The van der Waals surface area contributed by atoms with Crippen LogP contribution in [0.2, 0.25) is 0 Å². The lowest BCUT2D eigenvalue weighted by Crippen LogP contribution is -2.23. The van der Waals surface area contributed by atoms with Crippen molar-refractivity contribution in [1.29, 1.82) is 0 Å². The zero-order valence-corrected chi connectivity index (χ0v) is 13.3. The van der Waals surface area contributed by atoms with Crippen LogP contribution in [0, 0.1) is 5.82 Å². The van der Waals surface area contributed by atoms with Gasteiger partial charge in [0.25, 0.3) is 11.8 Å². The lowest BCUT2D eigenvalue weighted by Gasteiger charge is -2.06. The number of rotatable bonds is 2. The van der Waals surface area contributed by atoms with Gasteiger partial charge in [-0.1, -0.05) is 24.3 Å². The molecule has 0 radical (unpaired) electrons. The van der Waals surface area contributed by atoms with Crippen molar-refractivity contribution in [3.05, 3.63) is 71.5 Å². The summed E-state index contributed by atoms with van der Waals surface area (Å²) in [6.45, 7) is 0. The second-order valence-corrected chi connectivity index (χ2v) is 5.76. The Bertz CT molecular complexity index is 1110. The molecule has 0 atom stereocenters. The highest BCUT2D eigenvalue weighted by Crippen LogP contribution is 2.26. The summed E-state index contributed by atoms with van der Waals surface area (Å²) in [6.07, 6.45) is 0. The van der Waals surface area contributed by atoms with Crippen molar-refractivity contribution < 1.29 is 19.1 Å². The van der Waals surface area contributed by atoms with Gasteiger partial charge in [0.2, 0.25) is 0 Å². The Balaban J connectivity index is 1.66. The average Bonchev–Trinajstić information content (AvgIpc) is 2.93. The van der Waals surface area contributed by atoms with Crippen molar-refractivity contribution in [2.45, 2.75) is 0 Å². The van der Waals surface area contributed by atoms with Gasteiger partial charge in [-0.05, 0) is 41.1 Å². The van der Waals surface area contributed by atoms with E-state index in [4.69, 9.17) is 0 Å². The molecule has 0 unspecified atom stereocenters. The summed E-state index contributed by atoms with van der Waals surface area (Å²) >= 11 is 0. The van der Waals surface area contributed by atoms with Crippen LogP contribution in [0.4, 0.5) is 10.1 Å². The predicted octanol–water partition coefficient (Wildman–Crippen LogP) is 2.77. The number of anilines is 1. The summed E-state index contributed by atoms with van der Waals surface area (Å²) in [4.78, 5) is 24.3. The summed E-state index contributed by atoms with van der Waals surface area (Å²) in [5.74, 6) is -1.96. The van der Waals surface area contributed by atoms with Gasteiger partial charge >= 0.3 is 0 Å². The van der Waals surface area contributed by atoms with E-state index in [1.807, 2.05) is 18.2 Å². The topological polar surface area (TPSA) is 90.8 Å². The number of carbonyl (C=O) groups excluding carboxylic acids is 2. The molecule has 3 aromatic rings. The molecule has 4 rings (SSSR count). The summed E-state index contributed by atoms with van der Waals surface area (Å²) in [7, 11) is 0. The van der Waals surface area contributed by atoms with E-state index in [0.717, 1.165) is 16.8 Å². The molecule has 6 nitrogen and oxygen atoms in total. The quantitative estimate of drug-likeness (QED) is 0.621. The van der Waals surface area contributed by atoms with Crippen LogP contribution in [0.25, 0.3) is 10.8 Å². The van der Waals surface area contributed by atoms with E-state index in [2.05, 4.69) is 15.8 Å². The SMILES string of the molecule is O=C1Nc2ccc(F)cc2/C1=N/NC(=O)c1cc2ccccc2cc1O. The molecule has 26 heavy (non-hydrogen) atoms. The number of halogens is 1. The second kappa shape index (κ2) is 5.96. The first kappa shape index (κ1) is 15.8. The summed E-state index contributed by atoms with van der Waals surface area (Å²) in [6, 6.07) is 14.1. The van der Waals surface area contributed by atoms with Gasteiger partial charge in [0.15, 0.2) is 5.71 Å². The molecule has 2 amide bonds. The van der Waals surface area contributed by atoms with E-state index < -0.39 is 17.6 Å². The number of phenols is 1. The fourth-order valence-electron chi connectivity index (χ4n) is 2.81. The molecule has 1 heterocycles. The molecule has 0 saturated carbocycles. The van der Waals surface area contributed by atoms with Crippen LogP contribution in [0.1, 0.15) is 15.9 Å². The van der Waals surface area contributed by atoms with E-state index in [-0.39, 0.29) is 22.6 Å². The van der Waals surface area contributed by atoms with Crippen LogP contribution in [-0.4, -0.2) is 22.6 Å². The van der Waals surface area contributed by atoms with Crippen molar-refractivity contribution in [1.82, 2.24) is 5.43 Å². The molecule has 7 heteroatoms. The Hall–Kier alpha value is -3.74. The van der Waals surface area contributed by atoms with E-state index in [9.17, 15) is 19.1 Å². The second-order valence-electron chi connectivity index (χ2n) is 5.76. The van der Waals surface area contributed by atoms with Crippen LogP contribution in [0.15, 0.2) is 59.7 Å². The maximum Gasteiger partial charge on any atom is 0.276 e. The number of amides is 2. The predicted molar refractivity (Wildman–Crippen MR) is 94.6 cm³/mol. The van der Waals surface area contributed by atoms with E-state index in [0.29, 0.717) is 5.69 Å². The van der Waals surface area contributed by atoms with Gasteiger partial charge in [-0.2, -0.15) is 5.10 Å². The zero-order chi connectivity index (χ0) is 18.3. The molecule has 0 spiro atoms. The normalized spacial score (nSPS) is 14.3. The van der Waals surface area contributed by atoms with Crippen molar-refractivity contribution in [2.24, 2.45) is 5.10 Å². The lowest BCUT2D eigenvalue weighted by molar-refractivity contribution is -0.110. The third-order valence-electron chi connectivity index (χ3n) is 4.08. The van der Waals surface area contributed by atoms with Crippen molar-refractivity contribution in [3.8, 4) is 5.75 Å². The van der Waals surface area contributed by atoms with E-state index in [1.165, 1.54) is 24.3 Å². The number of hydrogen-bond donors (Lipinski definition) is 3. The smallest absolute Gasteiger partial charge is 0.276 e. The van der Waals surface area contributed by atoms with E-state index in [1.54, 1.807) is 6.07 Å². The van der Waals surface area contributed by atoms with Gasteiger partial charge < -0.3 is 10.4 Å². The van der Waals surface area contributed by atoms with Gasteiger partial charge in [0, 0.05) is 5.56 Å². The summed E-state index contributed by atoms with van der Waals surface area (Å²) in [5.41, 5.74) is 2.84. The highest BCUT2D eigenvalue weighted by atomic mass is 19.1. The van der Waals surface area contributed by atoms with Crippen LogP contribution < -0.4 is 10.7 Å². The first-order valence-corrected chi connectivity index (χ1v) is 7.74. The maximum absolute atomic E-state index is 13.4. The maximum atomic E-state index is 13.4. The summed E-state index contributed by atoms with van der Waals surface area (Å²) in [5, 5.41) is 18.0. The highest BCUT2D eigenvalue weighted by Gasteiger charge is 2.27. The minimum atomic E-state index is -0.682. The highest BCUT2D eigenvalue weighted by molar-refractivity contribution is 6.53. The average molecular weight is 349 g/mol. The largest absolute Gasteiger partial charge is 0.507 e. The Morgan fingerprint density at radius 1 is 1.08 bits per heavy atom. The number of carbonyl (C=O) groups is 2. The molecule has 0 fully saturated rings. The van der Waals surface area contributed by atoms with Gasteiger partial charge in [0.1, 0.15) is 11.6 Å². The Labute approximate surface area is 147 Å². The molecular formula is C19H12FN3O3. The lowest BCUT2D eigenvalue weighted by atomic mass is 10.1. The van der Waals surface area contributed by atoms with Crippen LogP contribution >= 0.6 is 0 Å². The van der Waals surface area contributed by atoms with Gasteiger partial charge in [-0.3, -0.25) is 9.59 Å². The number of phenolic OH excluding ortho intramolecular Hbond substituents is 1. The number of fused-ring (bicyclic) bond motifs is 2. The monoisotopic (exact) mass is 349 g/mol. The number of nitrogens with one attached hydrogen (secondary N) is 2. The Morgan fingerprint density at radius 3 is 2.58 bits per heavy atom. The number of hydrogen-bond acceptors (Lipinski definition) is 4. The van der Waals surface area contributed by atoms with Crippen LogP contribution in [0.3, 0.4) is 0 Å². The van der Waals surface area contributed by atoms with Crippen molar-refractivity contribution in [3.63, 3.8) is 0 Å². The number of hydrazone groups is 1. The Kier molecular flexibility index (Phi) is 3.62. The molecule has 128 valence electrons. The third-order valence-corrected chi connectivity index (χ3v) is 4.08. The molecule has 3 N–H and O–H groups in total. The minimum Gasteiger partial charge on any atom is -0.507 e. The first-order chi connectivity index (χ1) is 12.5. The molecule has 0 aromatic heterocycles. The van der Waals surface area contributed by atoms with Gasteiger partial charge in [-0.15, -0.1) is 0 Å². The number of aromatic hydroxyl groups is 1. The van der Waals surface area contributed by atoms with Crippen LogP contribution in [0.5, 0.6) is 5.75 Å². The number of benzene rings is 3. The number of nitrogens with zero attached hydrogens (tertiary/aromatic N) is 1. The van der Waals surface area contributed by atoms with Gasteiger partial charge in [0.05, 0.1) is 11.3 Å². The third kappa shape index (κ3) is 2.65. The molecule has 0 saturated heterocycles.